The van der Waals surface area contributed by atoms with E-state index in [9.17, 15) is 9.59 Å². The van der Waals surface area contributed by atoms with Crippen LogP contribution in [0.2, 0.25) is 0 Å². The summed E-state index contributed by atoms with van der Waals surface area (Å²) < 4.78 is 5.76. The Balaban J connectivity index is 1.94. The largest absolute Gasteiger partial charge is 0.481 e. The summed E-state index contributed by atoms with van der Waals surface area (Å²) in [5.41, 5.74) is 8.90. The summed E-state index contributed by atoms with van der Waals surface area (Å²) in [4.78, 5) is 23.5. The Morgan fingerprint density at radius 3 is 2.46 bits per heavy atom. The fourth-order valence-corrected chi connectivity index (χ4v) is 2.79. The number of benzene rings is 2. The zero-order valence-corrected chi connectivity index (χ0v) is 15.7. The molecule has 2 aromatic rings. The van der Waals surface area contributed by atoms with E-state index in [-0.39, 0.29) is 5.91 Å². The molecule has 0 heterocycles. The van der Waals surface area contributed by atoms with Gasteiger partial charge >= 0.3 is 0 Å². The van der Waals surface area contributed by atoms with E-state index in [1.165, 1.54) is 5.56 Å². The van der Waals surface area contributed by atoms with Gasteiger partial charge in [0.15, 0.2) is 6.10 Å². The van der Waals surface area contributed by atoms with Crippen molar-refractivity contribution < 1.29 is 14.3 Å². The van der Waals surface area contributed by atoms with Gasteiger partial charge in [-0.15, -0.1) is 0 Å². The van der Waals surface area contributed by atoms with Crippen molar-refractivity contribution in [3.63, 3.8) is 0 Å². The molecule has 0 fully saturated rings. The summed E-state index contributed by atoms with van der Waals surface area (Å²) in [5, 5.41) is 2.81. The maximum absolute atomic E-state index is 12.3. The van der Waals surface area contributed by atoms with Crippen LogP contribution >= 0.6 is 0 Å². The number of hydrogen-bond donors (Lipinski definition) is 2. The third kappa shape index (κ3) is 5.09. The molecule has 0 aliphatic carbocycles. The molecule has 0 spiro atoms. The Hall–Kier alpha value is -2.82. The van der Waals surface area contributed by atoms with Gasteiger partial charge in [-0.1, -0.05) is 32.0 Å². The SMILES string of the molecule is Cc1cc(OC(C)C(=O)NCc2cccc(C(N)=O)c2)ccc1C(C)C. The molecule has 2 rings (SSSR count). The molecule has 138 valence electrons. The molecule has 5 heteroatoms. The monoisotopic (exact) mass is 354 g/mol. The highest BCUT2D eigenvalue weighted by Crippen LogP contribution is 2.24. The molecule has 0 saturated carbocycles. The maximum Gasteiger partial charge on any atom is 0.261 e. The van der Waals surface area contributed by atoms with Crippen LogP contribution in [0.25, 0.3) is 0 Å². The van der Waals surface area contributed by atoms with Gasteiger partial charge in [-0.3, -0.25) is 9.59 Å². The molecular weight excluding hydrogens is 328 g/mol. The van der Waals surface area contributed by atoms with Crippen LogP contribution in [0.3, 0.4) is 0 Å². The fraction of sp³-hybridized carbons (Fsp3) is 0.333. The van der Waals surface area contributed by atoms with Crippen molar-refractivity contribution in [2.45, 2.75) is 46.3 Å². The summed E-state index contributed by atoms with van der Waals surface area (Å²) in [6.07, 6.45) is -0.626. The molecule has 26 heavy (non-hydrogen) atoms. The molecule has 0 aliphatic heterocycles. The second kappa shape index (κ2) is 8.52. The van der Waals surface area contributed by atoms with Crippen molar-refractivity contribution in [1.82, 2.24) is 5.32 Å². The van der Waals surface area contributed by atoms with Gasteiger partial charge in [-0.25, -0.2) is 0 Å². The van der Waals surface area contributed by atoms with E-state index in [4.69, 9.17) is 10.5 Å². The predicted octanol–water partition coefficient (Wildman–Crippen LogP) is 3.30. The van der Waals surface area contributed by atoms with E-state index in [0.29, 0.717) is 23.8 Å². The lowest BCUT2D eigenvalue weighted by Crippen LogP contribution is -2.36. The number of nitrogens with one attached hydrogen (secondary N) is 1. The molecule has 3 N–H and O–H groups in total. The lowest BCUT2D eigenvalue weighted by Gasteiger charge is -2.17. The van der Waals surface area contributed by atoms with Gasteiger partial charge in [0.25, 0.3) is 5.91 Å². The number of aryl methyl sites for hydroxylation is 1. The van der Waals surface area contributed by atoms with E-state index in [2.05, 4.69) is 19.2 Å². The van der Waals surface area contributed by atoms with Crippen molar-refractivity contribution in [2.75, 3.05) is 0 Å². The van der Waals surface area contributed by atoms with Crippen LogP contribution in [0.1, 0.15) is 53.7 Å². The summed E-state index contributed by atoms with van der Waals surface area (Å²) >= 11 is 0. The fourth-order valence-electron chi connectivity index (χ4n) is 2.79. The lowest BCUT2D eigenvalue weighted by atomic mass is 9.98. The first-order chi connectivity index (χ1) is 12.3. The molecule has 0 bridgehead atoms. The molecule has 0 aliphatic rings. The van der Waals surface area contributed by atoms with Crippen LogP contribution < -0.4 is 15.8 Å². The predicted molar refractivity (Wildman–Crippen MR) is 102 cm³/mol. The first kappa shape index (κ1) is 19.5. The van der Waals surface area contributed by atoms with E-state index in [1.54, 1.807) is 25.1 Å². The molecule has 1 atom stereocenters. The van der Waals surface area contributed by atoms with Gasteiger partial charge in [0.1, 0.15) is 5.75 Å². The third-order valence-electron chi connectivity index (χ3n) is 4.22. The van der Waals surface area contributed by atoms with E-state index in [0.717, 1.165) is 11.1 Å². The minimum atomic E-state index is -0.626. The van der Waals surface area contributed by atoms with Gasteiger partial charge in [-0.2, -0.15) is 0 Å². The quantitative estimate of drug-likeness (QED) is 0.800. The zero-order valence-electron chi connectivity index (χ0n) is 15.7. The number of amides is 2. The zero-order chi connectivity index (χ0) is 19.3. The highest BCUT2D eigenvalue weighted by atomic mass is 16.5. The Kier molecular flexibility index (Phi) is 6.39. The second-order valence-electron chi connectivity index (χ2n) is 6.72. The Labute approximate surface area is 154 Å². The number of hydrogen-bond acceptors (Lipinski definition) is 3. The van der Waals surface area contributed by atoms with E-state index >= 15 is 0 Å². The molecule has 0 saturated heterocycles. The lowest BCUT2D eigenvalue weighted by molar-refractivity contribution is -0.127. The number of ether oxygens (including phenoxy) is 1. The number of nitrogens with two attached hydrogens (primary N) is 1. The number of carbonyl (C=O) groups is 2. The van der Waals surface area contributed by atoms with Gasteiger partial charge in [0, 0.05) is 12.1 Å². The highest BCUT2D eigenvalue weighted by Gasteiger charge is 2.15. The second-order valence-corrected chi connectivity index (χ2v) is 6.72. The molecule has 1 unspecified atom stereocenters. The summed E-state index contributed by atoms with van der Waals surface area (Å²) in [5.74, 6) is 0.404. The first-order valence-corrected chi connectivity index (χ1v) is 8.71. The van der Waals surface area contributed by atoms with Gasteiger partial charge in [-0.05, 0) is 60.7 Å². The molecule has 5 nitrogen and oxygen atoms in total. The topological polar surface area (TPSA) is 81.4 Å². The van der Waals surface area contributed by atoms with Gasteiger partial charge in [0.2, 0.25) is 5.91 Å². The van der Waals surface area contributed by atoms with Crippen LogP contribution in [0.15, 0.2) is 42.5 Å². The van der Waals surface area contributed by atoms with E-state index < -0.39 is 12.0 Å². The van der Waals surface area contributed by atoms with E-state index in [1.807, 2.05) is 31.2 Å². The normalized spacial score (nSPS) is 11.9. The molecule has 2 amide bonds. The van der Waals surface area contributed by atoms with Crippen LogP contribution in [0, 0.1) is 6.92 Å². The average Bonchev–Trinajstić information content (AvgIpc) is 2.59. The standard InChI is InChI=1S/C21H26N2O3/c1-13(2)19-9-8-18(10-14(19)3)26-15(4)21(25)23-12-16-6-5-7-17(11-16)20(22)24/h5-11,13,15H,12H2,1-4H3,(H2,22,24)(H,23,25). The van der Waals surface area contributed by atoms with Crippen LogP contribution in [0.5, 0.6) is 5.75 Å². The highest BCUT2D eigenvalue weighted by molar-refractivity contribution is 5.92. The molecule has 0 radical (unpaired) electrons. The summed E-state index contributed by atoms with van der Waals surface area (Å²) in [7, 11) is 0. The Morgan fingerprint density at radius 1 is 1.12 bits per heavy atom. The number of rotatable bonds is 7. The van der Waals surface area contributed by atoms with Crippen LogP contribution in [0.4, 0.5) is 0 Å². The third-order valence-corrected chi connectivity index (χ3v) is 4.22. The summed E-state index contributed by atoms with van der Waals surface area (Å²) in [6.45, 7) is 8.34. The Morgan fingerprint density at radius 2 is 1.85 bits per heavy atom. The van der Waals surface area contributed by atoms with Gasteiger partial charge in [0.05, 0.1) is 0 Å². The van der Waals surface area contributed by atoms with Crippen LogP contribution in [-0.2, 0) is 11.3 Å². The molecular formula is C21H26N2O3. The smallest absolute Gasteiger partial charge is 0.261 e. The number of primary amides is 1. The minimum Gasteiger partial charge on any atom is -0.481 e. The van der Waals surface area contributed by atoms with Crippen molar-refractivity contribution >= 4 is 11.8 Å². The van der Waals surface area contributed by atoms with Crippen molar-refractivity contribution in [3.8, 4) is 5.75 Å². The van der Waals surface area contributed by atoms with Crippen LogP contribution in [-0.4, -0.2) is 17.9 Å². The average molecular weight is 354 g/mol. The molecule has 0 aromatic heterocycles. The number of carbonyl (C=O) groups excluding carboxylic acids is 2. The summed E-state index contributed by atoms with van der Waals surface area (Å²) in [6, 6.07) is 12.8. The first-order valence-electron chi connectivity index (χ1n) is 8.71. The molecule has 2 aromatic carbocycles. The van der Waals surface area contributed by atoms with Crippen molar-refractivity contribution in [1.29, 1.82) is 0 Å². The van der Waals surface area contributed by atoms with Gasteiger partial charge < -0.3 is 15.8 Å². The maximum atomic E-state index is 12.3. The minimum absolute atomic E-state index is 0.222. The van der Waals surface area contributed by atoms with Crippen molar-refractivity contribution in [3.05, 3.63) is 64.7 Å². The Bertz CT molecular complexity index is 800. The van der Waals surface area contributed by atoms with Crippen molar-refractivity contribution in [2.24, 2.45) is 5.73 Å².